The molecule has 98 valence electrons. The third-order valence-corrected chi connectivity index (χ3v) is 2.72. The van der Waals surface area contributed by atoms with Crippen LogP contribution in [0.3, 0.4) is 0 Å². The molecule has 0 aromatic heterocycles. The van der Waals surface area contributed by atoms with Crippen LogP contribution in [-0.4, -0.2) is 5.91 Å². The highest BCUT2D eigenvalue weighted by Crippen LogP contribution is 2.22. The summed E-state index contributed by atoms with van der Waals surface area (Å²) >= 11 is 0. The highest BCUT2D eigenvalue weighted by Gasteiger charge is 2.13. The van der Waals surface area contributed by atoms with Gasteiger partial charge in [-0.15, -0.1) is 0 Å². The maximum Gasteiger partial charge on any atom is 0.256 e. The van der Waals surface area contributed by atoms with Gasteiger partial charge in [0.1, 0.15) is 11.6 Å². The molecule has 2 aromatic rings. The lowest BCUT2D eigenvalue weighted by atomic mass is 10.1. The number of anilines is 2. The monoisotopic (exact) mass is 262 g/mol. The van der Waals surface area contributed by atoms with E-state index in [2.05, 4.69) is 5.32 Å². The summed E-state index contributed by atoms with van der Waals surface area (Å²) in [5.41, 5.74) is 6.15. The van der Waals surface area contributed by atoms with Crippen LogP contribution in [0.5, 0.6) is 0 Å². The third-order valence-electron chi connectivity index (χ3n) is 2.72. The van der Waals surface area contributed by atoms with Crippen LogP contribution < -0.4 is 11.1 Å². The van der Waals surface area contributed by atoms with E-state index >= 15 is 0 Å². The summed E-state index contributed by atoms with van der Waals surface area (Å²) < 4.78 is 26.5. The van der Waals surface area contributed by atoms with Crippen molar-refractivity contribution >= 4 is 17.3 Å². The fourth-order valence-corrected chi connectivity index (χ4v) is 1.68. The molecule has 5 heteroatoms. The van der Waals surface area contributed by atoms with E-state index < -0.39 is 17.5 Å². The van der Waals surface area contributed by atoms with E-state index in [0.29, 0.717) is 11.6 Å². The summed E-state index contributed by atoms with van der Waals surface area (Å²) in [6.45, 7) is 1.77. The summed E-state index contributed by atoms with van der Waals surface area (Å²) in [6, 6.07) is 8.59. The summed E-state index contributed by atoms with van der Waals surface area (Å²) in [7, 11) is 0. The van der Waals surface area contributed by atoms with Crippen LogP contribution >= 0.6 is 0 Å². The van der Waals surface area contributed by atoms with Crippen molar-refractivity contribution in [1.82, 2.24) is 0 Å². The third kappa shape index (κ3) is 2.70. The van der Waals surface area contributed by atoms with Crippen molar-refractivity contribution in [1.29, 1.82) is 0 Å². The van der Waals surface area contributed by atoms with Crippen LogP contribution in [0.2, 0.25) is 0 Å². The van der Waals surface area contributed by atoms with Gasteiger partial charge in [0.25, 0.3) is 5.91 Å². The minimum absolute atomic E-state index is 0.146. The molecule has 0 unspecified atom stereocenters. The Morgan fingerprint density at radius 1 is 1.16 bits per heavy atom. The molecule has 0 aliphatic rings. The average Bonchev–Trinajstić information content (AvgIpc) is 2.36. The van der Waals surface area contributed by atoms with E-state index in [9.17, 15) is 13.6 Å². The zero-order valence-electron chi connectivity index (χ0n) is 10.2. The molecule has 1 amide bonds. The lowest BCUT2D eigenvalue weighted by molar-refractivity contribution is 0.102. The van der Waals surface area contributed by atoms with E-state index in [0.717, 1.165) is 11.6 Å². The molecule has 2 rings (SSSR count). The van der Waals surface area contributed by atoms with Crippen molar-refractivity contribution in [2.75, 3.05) is 11.1 Å². The molecule has 3 N–H and O–H groups in total. The van der Waals surface area contributed by atoms with Crippen molar-refractivity contribution in [3.63, 3.8) is 0 Å². The minimum atomic E-state index is -0.867. The van der Waals surface area contributed by atoms with Gasteiger partial charge in [0.05, 0.1) is 11.4 Å². The number of aryl methyl sites for hydroxylation is 1. The molecule has 0 atom stereocenters. The standard InChI is InChI=1S/C14H12F2N2O/c1-8-4-2-3-5-9(8)14(19)18-13-7-12(17)10(15)6-11(13)16/h2-7H,17H2,1H3,(H,18,19). The number of nitrogens with two attached hydrogens (primary N) is 1. The predicted molar refractivity (Wildman–Crippen MR) is 69.9 cm³/mol. The highest BCUT2D eigenvalue weighted by atomic mass is 19.1. The topological polar surface area (TPSA) is 55.1 Å². The van der Waals surface area contributed by atoms with Gasteiger partial charge in [-0.25, -0.2) is 8.78 Å². The van der Waals surface area contributed by atoms with Gasteiger partial charge in [-0.3, -0.25) is 4.79 Å². The molecular weight excluding hydrogens is 250 g/mol. The predicted octanol–water partition coefficient (Wildman–Crippen LogP) is 3.11. The van der Waals surface area contributed by atoms with Crippen molar-refractivity contribution < 1.29 is 13.6 Å². The number of carbonyl (C=O) groups excluding carboxylic acids is 1. The van der Waals surface area contributed by atoms with E-state index in [1.165, 1.54) is 0 Å². The van der Waals surface area contributed by atoms with E-state index in [1.807, 2.05) is 0 Å². The largest absolute Gasteiger partial charge is 0.396 e. The number of benzene rings is 2. The molecular formula is C14H12F2N2O. The summed E-state index contributed by atoms with van der Waals surface area (Å²) in [5.74, 6) is -2.19. The number of hydrogen-bond donors (Lipinski definition) is 2. The Balaban J connectivity index is 2.30. The normalized spacial score (nSPS) is 10.3. The average molecular weight is 262 g/mol. The van der Waals surface area contributed by atoms with Crippen molar-refractivity contribution in [3.05, 3.63) is 59.2 Å². The first-order valence-electron chi connectivity index (χ1n) is 5.60. The number of nitrogens with one attached hydrogen (secondary N) is 1. The van der Waals surface area contributed by atoms with Gasteiger partial charge in [-0.1, -0.05) is 18.2 Å². The van der Waals surface area contributed by atoms with Crippen LogP contribution in [0.15, 0.2) is 36.4 Å². The van der Waals surface area contributed by atoms with Gasteiger partial charge in [-0.2, -0.15) is 0 Å². The quantitative estimate of drug-likeness (QED) is 0.817. The molecule has 0 saturated carbocycles. The summed E-state index contributed by atoms with van der Waals surface area (Å²) in [4.78, 5) is 12.0. The second-order valence-corrected chi connectivity index (χ2v) is 4.12. The van der Waals surface area contributed by atoms with E-state index in [4.69, 9.17) is 5.73 Å². The zero-order valence-corrected chi connectivity index (χ0v) is 10.2. The van der Waals surface area contributed by atoms with E-state index in [1.54, 1.807) is 31.2 Å². The second kappa shape index (κ2) is 5.06. The Hall–Kier alpha value is -2.43. The van der Waals surface area contributed by atoms with Gasteiger partial charge in [-0.05, 0) is 24.6 Å². The summed E-state index contributed by atoms with van der Waals surface area (Å²) in [5, 5.41) is 2.37. The number of rotatable bonds is 2. The second-order valence-electron chi connectivity index (χ2n) is 4.12. The fourth-order valence-electron chi connectivity index (χ4n) is 1.68. The number of amides is 1. The Morgan fingerprint density at radius 2 is 1.84 bits per heavy atom. The van der Waals surface area contributed by atoms with Crippen molar-refractivity contribution in [2.24, 2.45) is 0 Å². The van der Waals surface area contributed by atoms with Gasteiger partial charge >= 0.3 is 0 Å². The van der Waals surface area contributed by atoms with Crippen LogP contribution in [-0.2, 0) is 0 Å². The number of nitrogen functional groups attached to an aromatic ring is 1. The number of halogens is 2. The maximum atomic E-state index is 13.5. The molecule has 0 saturated heterocycles. The first kappa shape index (κ1) is 13.0. The first-order chi connectivity index (χ1) is 8.99. The smallest absolute Gasteiger partial charge is 0.256 e. The van der Waals surface area contributed by atoms with E-state index in [-0.39, 0.29) is 11.4 Å². The molecule has 19 heavy (non-hydrogen) atoms. The molecule has 0 heterocycles. The molecule has 0 aliphatic carbocycles. The summed E-state index contributed by atoms with van der Waals surface area (Å²) in [6.07, 6.45) is 0. The molecule has 3 nitrogen and oxygen atoms in total. The number of carbonyl (C=O) groups is 1. The Labute approximate surface area is 109 Å². The molecule has 0 fully saturated rings. The first-order valence-corrected chi connectivity index (χ1v) is 5.60. The van der Waals surface area contributed by atoms with Crippen molar-refractivity contribution in [2.45, 2.75) is 6.92 Å². The Kier molecular flexibility index (Phi) is 3.46. The van der Waals surface area contributed by atoms with Crippen molar-refractivity contribution in [3.8, 4) is 0 Å². The zero-order chi connectivity index (χ0) is 14.0. The van der Waals surface area contributed by atoms with Crippen LogP contribution in [0.1, 0.15) is 15.9 Å². The fraction of sp³-hybridized carbons (Fsp3) is 0.0714. The van der Waals surface area contributed by atoms with Crippen LogP contribution in [0, 0.1) is 18.6 Å². The minimum Gasteiger partial charge on any atom is -0.396 e. The van der Waals surface area contributed by atoms with Gasteiger partial charge < -0.3 is 11.1 Å². The Morgan fingerprint density at radius 3 is 2.53 bits per heavy atom. The van der Waals surface area contributed by atoms with Gasteiger partial charge in [0, 0.05) is 11.6 Å². The SMILES string of the molecule is Cc1ccccc1C(=O)Nc1cc(N)c(F)cc1F. The van der Waals surface area contributed by atoms with Gasteiger partial charge in [0.2, 0.25) is 0 Å². The molecule has 0 spiro atoms. The van der Waals surface area contributed by atoms with Crippen LogP contribution in [0.4, 0.5) is 20.2 Å². The Bertz CT molecular complexity index is 641. The molecule has 2 aromatic carbocycles. The maximum absolute atomic E-state index is 13.5. The van der Waals surface area contributed by atoms with Crippen LogP contribution in [0.25, 0.3) is 0 Å². The lowest BCUT2D eigenvalue weighted by Gasteiger charge is -2.09. The van der Waals surface area contributed by atoms with Gasteiger partial charge in [0.15, 0.2) is 0 Å². The number of hydrogen-bond acceptors (Lipinski definition) is 2. The molecule has 0 radical (unpaired) electrons. The highest BCUT2D eigenvalue weighted by molar-refractivity contribution is 6.05. The molecule has 0 aliphatic heterocycles. The molecule has 0 bridgehead atoms. The lowest BCUT2D eigenvalue weighted by Crippen LogP contribution is -2.14.